The number of likely N-dealkylation sites (N-methyl/N-ethyl adjacent to an activating group) is 1. The molecule has 4 nitrogen and oxygen atoms in total. The van der Waals surface area contributed by atoms with E-state index in [1.165, 1.54) is 18.4 Å². The first-order valence-corrected chi connectivity index (χ1v) is 7.63. The topological polar surface area (TPSA) is 33.7 Å². The Kier molecular flexibility index (Phi) is 4.43. The molecule has 1 saturated carbocycles. The van der Waals surface area contributed by atoms with Gasteiger partial charge in [0.2, 0.25) is 0 Å². The summed E-state index contributed by atoms with van der Waals surface area (Å²) in [5.41, 5.74) is 1.19. The molecule has 1 aromatic rings. The van der Waals surface area contributed by atoms with Gasteiger partial charge in [-0.3, -0.25) is 0 Å². The Morgan fingerprint density at radius 1 is 1.25 bits per heavy atom. The van der Waals surface area contributed by atoms with Crippen molar-refractivity contribution in [1.82, 2.24) is 10.2 Å². The first-order chi connectivity index (χ1) is 9.84. The maximum absolute atomic E-state index is 5.83. The molecule has 20 heavy (non-hydrogen) atoms. The minimum absolute atomic E-state index is 0.744. The molecule has 0 saturated heterocycles. The van der Waals surface area contributed by atoms with Crippen LogP contribution in [0.3, 0.4) is 0 Å². The van der Waals surface area contributed by atoms with Crippen LogP contribution < -0.4 is 14.8 Å². The summed E-state index contributed by atoms with van der Waals surface area (Å²) < 4.78 is 11.5. The van der Waals surface area contributed by atoms with Gasteiger partial charge in [0, 0.05) is 37.7 Å². The van der Waals surface area contributed by atoms with E-state index in [0.717, 1.165) is 56.8 Å². The summed E-state index contributed by atoms with van der Waals surface area (Å²) in [6.45, 7) is 4.45. The number of hydrogen-bond donors (Lipinski definition) is 1. The average Bonchev–Trinajstić information content (AvgIpc) is 3.28. The maximum Gasteiger partial charge on any atom is 0.165 e. The molecule has 0 atom stereocenters. The van der Waals surface area contributed by atoms with Crippen molar-refractivity contribution in [2.45, 2.75) is 31.8 Å². The summed E-state index contributed by atoms with van der Waals surface area (Å²) >= 11 is 0. The Labute approximate surface area is 121 Å². The molecule has 110 valence electrons. The van der Waals surface area contributed by atoms with Gasteiger partial charge in [0.1, 0.15) is 0 Å². The first kappa shape index (κ1) is 13.7. The molecule has 1 aliphatic heterocycles. The molecule has 1 fully saturated rings. The van der Waals surface area contributed by atoms with Crippen LogP contribution in [-0.2, 0) is 6.54 Å². The lowest BCUT2D eigenvalue weighted by molar-refractivity contribution is 0.295. The van der Waals surface area contributed by atoms with Crippen molar-refractivity contribution in [1.29, 1.82) is 0 Å². The van der Waals surface area contributed by atoms with Crippen molar-refractivity contribution in [2.24, 2.45) is 0 Å². The molecule has 2 aliphatic rings. The van der Waals surface area contributed by atoms with Gasteiger partial charge in [-0.1, -0.05) is 12.1 Å². The number of benzene rings is 1. The number of nitrogens with zero attached hydrogens (tertiary/aromatic N) is 1. The summed E-state index contributed by atoms with van der Waals surface area (Å²) in [7, 11) is 2.21. The zero-order chi connectivity index (χ0) is 13.8. The van der Waals surface area contributed by atoms with E-state index in [1.807, 2.05) is 12.1 Å². The molecule has 3 rings (SSSR count). The van der Waals surface area contributed by atoms with Gasteiger partial charge in [0.05, 0.1) is 13.2 Å². The molecule has 0 unspecified atom stereocenters. The zero-order valence-corrected chi connectivity index (χ0v) is 12.2. The third kappa shape index (κ3) is 3.44. The Bertz CT molecular complexity index is 446. The van der Waals surface area contributed by atoms with Gasteiger partial charge in [-0.2, -0.15) is 0 Å². The third-order valence-electron chi connectivity index (χ3n) is 3.98. The van der Waals surface area contributed by atoms with Gasteiger partial charge >= 0.3 is 0 Å². The molecule has 0 bridgehead atoms. The molecule has 1 aromatic carbocycles. The maximum atomic E-state index is 5.83. The molecule has 0 amide bonds. The number of nitrogens with one attached hydrogen (secondary N) is 1. The highest BCUT2D eigenvalue weighted by Gasteiger charge is 2.25. The average molecular weight is 276 g/mol. The largest absolute Gasteiger partial charge is 0.490 e. The predicted octanol–water partition coefficient (Wildman–Crippen LogP) is 2.03. The van der Waals surface area contributed by atoms with Crippen molar-refractivity contribution in [3.05, 3.63) is 23.8 Å². The van der Waals surface area contributed by atoms with E-state index >= 15 is 0 Å². The van der Waals surface area contributed by atoms with E-state index in [0.29, 0.717) is 0 Å². The molecule has 0 spiro atoms. The smallest absolute Gasteiger partial charge is 0.165 e. The van der Waals surface area contributed by atoms with E-state index < -0.39 is 0 Å². The van der Waals surface area contributed by atoms with Crippen molar-refractivity contribution in [3.63, 3.8) is 0 Å². The number of para-hydroxylation sites is 1. The van der Waals surface area contributed by atoms with Crippen LogP contribution in [0.2, 0.25) is 0 Å². The van der Waals surface area contributed by atoms with Crippen molar-refractivity contribution < 1.29 is 9.47 Å². The normalized spacial score (nSPS) is 18.1. The van der Waals surface area contributed by atoms with Crippen LogP contribution in [0.15, 0.2) is 18.2 Å². The highest BCUT2D eigenvalue weighted by atomic mass is 16.5. The number of fused-ring (bicyclic) bond motifs is 1. The highest BCUT2D eigenvalue weighted by Crippen LogP contribution is 2.33. The molecular weight excluding hydrogens is 252 g/mol. The monoisotopic (exact) mass is 276 g/mol. The number of rotatable bonds is 6. The molecular formula is C16H24N2O2. The molecule has 4 heteroatoms. The van der Waals surface area contributed by atoms with E-state index in [2.05, 4.69) is 23.3 Å². The fourth-order valence-corrected chi connectivity index (χ4v) is 2.57. The Balaban J connectivity index is 1.51. The molecule has 1 N–H and O–H groups in total. The summed E-state index contributed by atoms with van der Waals surface area (Å²) in [6, 6.07) is 6.98. The van der Waals surface area contributed by atoms with Gasteiger partial charge < -0.3 is 19.7 Å². The van der Waals surface area contributed by atoms with Crippen LogP contribution in [0.5, 0.6) is 11.5 Å². The van der Waals surface area contributed by atoms with E-state index in [4.69, 9.17) is 9.47 Å². The fourth-order valence-electron chi connectivity index (χ4n) is 2.57. The summed E-state index contributed by atoms with van der Waals surface area (Å²) in [6.07, 6.45) is 3.69. The van der Waals surface area contributed by atoms with Gasteiger partial charge in [-0.15, -0.1) is 0 Å². The number of hydrogen-bond acceptors (Lipinski definition) is 4. The van der Waals surface area contributed by atoms with Gasteiger partial charge in [-0.25, -0.2) is 0 Å². The van der Waals surface area contributed by atoms with Crippen LogP contribution in [0, 0.1) is 0 Å². The van der Waals surface area contributed by atoms with E-state index in [9.17, 15) is 0 Å². The number of ether oxygens (including phenoxy) is 2. The van der Waals surface area contributed by atoms with Crippen LogP contribution in [0.25, 0.3) is 0 Å². The van der Waals surface area contributed by atoms with E-state index in [1.54, 1.807) is 0 Å². The van der Waals surface area contributed by atoms with Gasteiger partial charge in [0.25, 0.3) is 0 Å². The molecule has 0 radical (unpaired) electrons. The molecule has 1 heterocycles. The van der Waals surface area contributed by atoms with Crippen LogP contribution >= 0.6 is 0 Å². The van der Waals surface area contributed by atoms with Crippen molar-refractivity contribution in [3.8, 4) is 11.5 Å². The van der Waals surface area contributed by atoms with Crippen LogP contribution in [-0.4, -0.2) is 44.3 Å². The van der Waals surface area contributed by atoms with Gasteiger partial charge in [0.15, 0.2) is 11.5 Å². The quantitative estimate of drug-likeness (QED) is 0.806. The molecule has 1 aliphatic carbocycles. The Morgan fingerprint density at radius 3 is 2.95 bits per heavy atom. The highest BCUT2D eigenvalue weighted by molar-refractivity contribution is 5.47. The second-order valence-corrected chi connectivity index (χ2v) is 5.68. The summed E-state index contributed by atoms with van der Waals surface area (Å²) in [5, 5.41) is 3.51. The lowest BCUT2D eigenvalue weighted by Gasteiger charge is -2.17. The third-order valence-corrected chi connectivity index (χ3v) is 3.98. The predicted molar refractivity (Wildman–Crippen MR) is 79.4 cm³/mol. The summed E-state index contributed by atoms with van der Waals surface area (Å²) in [4.78, 5) is 2.44. The lowest BCUT2D eigenvalue weighted by atomic mass is 10.2. The lowest BCUT2D eigenvalue weighted by Crippen LogP contribution is -2.30. The second kappa shape index (κ2) is 6.46. The Hall–Kier alpha value is -1.26. The second-order valence-electron chi connectivity index (χ2n) is 5.68. The van der Waals surface area contributed by atoms with E-state index in [-0.39, 0.29) is 0 Å². The minimum Gasteiger partial charge on any atom is -0.490 e. The van der Waals surface area contributed by atoms with Crippen molar-refractivity contribution in [2.75, 3.05) is 33.4 Å². The van der Waals surface area contributed by atoms with Crippen LogP contribution in [0.1, 0.15) is 24.8 Å². The zero-order valence-electron chi connectivity index (χ0n) is 12.2. The minimum atomic E-state index is 0.744. The standard InChI is InChI=1S/C16H24N2O2/c1-18(14-6-7-14)9-8-17-12-13-4-2-5-15-16(13)20-11-3-10-19-15/h2,4-5,14,17H,3,6-12H2,1H3. The Morgan fingerprint density at radius 2 is 2.10 bits per heavy atom. The summed E-state index contributed by atoms with van der Waals surface area (Å²) in [5.74, 6) is 1.81. The van der Waals surface area contributed by atoms with Crippen molar-refractivity contribution >= 4 is 0 Å². The first-order valence-electron chi connectivity index (χ1n) is 7.63. The SMILES string of the molecule is CN(CCNCc1cccc2c1OCCCO2)C1CC1. The van der Waals surface area contributed by atoms with Gasteiger partial charge in [-0.05, 0) is 26.0 Å². The van der Waals surface area contributed by atoms with Crippen LogP contribution in [0.4, 0.5) is 0 Å². The fraction of sp³-hybridized carbons (Fsp3) is 0.625. The molecule has 0 aromatic heterocycles.